The van der Waals surface area contributed by atoms with Crippen molar-refractivity contribution in [2.45, 2.75) is 31.0 Å². The molecule has 2 N–H and O–H groups in total. The number of thioether (sulfide) groups is 1. The van der Waals surface area contributed by atoms with E-state index in [4.69, 9.17) is 4.52 Å². The summed E-state index contributed by atoms with van der Waals surface area (Å²) in [6, 6.07) is 15.4. The third-order valence-electron chi connectivity index (χ3n) is 3.82. The summed E-state index contributed by atoms with van der Waals surface area (Å²) in [5, 5.41) is 10.1. The Kier molecular flexibility index (Phi) is 6.62. The highest BCUT2D eigenvalue weighted by Crippen LogP contribution is 2.26. The molecule has 0 atom stereocenters. The topological polar surface area (TPSA) is 80.0 Å². The molecular weight excluding hydrogens is 360 g/mol. The number of aryl methyl sites for hydroxylation is 1. The Morgan fingerprint density at radius 1 is 1.19 bits per heavy atom. The van der Waals surface area contributed by atoms with Crippen LogP contribution in [0.15, 0.2) is 57.9 Å². The lowest BCUT2D eigenvalue weighted by Gasteiger charge is -2.10. The maximum absolute atomic E-state index is 12.8. The Morgan fingerprint density at radius 3 is 2.81 bits per heavy atom. The molecule has 6 nitrogen and oxygen atoms in total. The van der Waals surface area contributed by atoms with E-state index in [9.17, 15) is 4.79 Å². The minimum absolute atomic E-state index is 0.139. The summed E-state index contributed by atoms with van der Waals surface area (Å²) in [5.41, 5.74) is 2.53. The molecule has 0 radical (unpaired) electrons. The van der Waals surface area contributed by atoms with Crippen LogP contribution in [0.4, 0.5) is 5.69 Å². The van der Waals surface area contributed by atoms with Crippen LogP contribution in [0.3, 0.4) is 0 Å². The van der Waals surface area contributed by atoms with Gasteiger partial charge in [0.05, 0.1) is 11.3 Å². The maximum Gasteiger partial charge on any atom is 0.256 e. The molecular formula is C20H22N4O2S. The van der Waals surface area contributed by atoms with Crippen LogP contribution in [-0.2, 0) is 12.3 Å². The van der Waals surface area contributed by atoms with Crippen LogP contribution in [0.5, 0.6) is 0 Å². The second-order valence-corrected chi connectivity index (χ2v) is 6.97. The van der Waals surface area contributed by atoms with E-state index >= 15 is 0 Å². The SMILES string of the molecule is CCNCc1cccc(NC(=O)c2ccccc2SCc2nc(C)no2)c1. The summed E-state index contributed by atoms with van der Waals surface area (Å²) in [6.45, 7) is 5.52. The van der Waals surface area contributed by atoms with E-state index < -0.39 is 0 Å². The van der Waals surface area contributed by atoms with E-state index in [0.29, 0.717) is 23.0 Å². The maximum atomic E-state index is 12.8. The monoisotopic (exact) mass is 382 g/mol. The normalized spacial score (nSPS) is 10.7. The smallest absolute Gasteiger partial charge is 0.256 e. The minimum atomic E-state index is -0.139. The highest BCUT2D eigenvalue weighted by Gasteiger charge is 2.13. The van der Waals surface area contributed by atoms with Crippen molar-refractivity contribution in [3.05, 3.63) is 71.4 Å². The van der Waals surface area contributed by atoms with Crippen molar-refractivity contribution >= 4 is 23.4 Å². The Labute approximate surface area is 162 Å². The summed E-state index contributed by atoms with van der Waals surface area (Å²) >= 11 is 1.50. The summed E-state index contributed by atoms with van der Waals surface area (Å²) in [5.74, 6) is 1.53. The number of benzene rings is 2. The van der Waals surface area contributed by atoms with Crippen molar-refractivity contribution in [1.82, 2.24) is 15.5 Å². The van der Waals surface area contributed by atoms with Crippen molar-refractivity contribution in [2.24, 2.45) is 0 Å². The molecule has 3 aromatic rings. The average molecular weight is 382 g/mol. The van der Waals surface area contributed by atoms with Crippen LogP contribution >= 0.6 is 11.8 Å². The Bertz CT molecular complexity index is 910. The third-order valence-corrected chi connectivity index (χ3v) is 4.87. The fraction of sp³-hybridized carbons (Fsp3) is 0.250. The third kappa shape index (κ3) is 5.42. The van der Waals surface area contributed by atoms with Crippen molar-refractivity contribution in [3.63, 3.8) is 0 Å². The number of hydrogen-bond acceptors (Lipinski definition) is 6. The zero-order chi connectivity index (χ0) is 19.1. The quantitative estimate of drug-likeness (QED) is 0.573. The minimum Gasteiger partial charge on any atom is -0.338 e. The largest absolute Gasteiger partial charge is 0.338 e. The number of amides is 1. The predicted octanol–water partition coefficient (Wildman–Crippen LogP) is 4.03. The molecule has 0 saturated heterocycles. The lowest BCUT2D eigenvalue weighted by atomic mass is 10.1. The van der Waals surface area contributed by atoms with Gasteiger partial charge in [-0.1, -0.05) is 36.3 Å². The average Bonchev–Trinajstić information content (AvgIpc) is 3.10. The fourth-order valence-electron chi connectivity index (χ4n) is 2.55. The van der Waals surface area contributed by atoms with E-state index in [2.05, 4.69) is 27.7 Å². The number of hydrogen-bond donors (Lipinski definition) is 2. The van der Waals surface area contributed by atoms with Crippen molar-refractivity contribution in [1.29, 1.82) is 0 Å². The first-order valence-electron chi connectivity index (χ1n) is 8.77. The van der Waals surface area contributed by atoms with Crippen LogP contribution < -0.4 is 10.6 Å². The van der Waals surface area contributed by atoms with Gasteiger partial charge in [0.2, 0.25) is 5.89 Å². The van der Waals surface area contributed by atoms with Gasteiger partial charge in [-0.3, -0.25) is 4.79 Å². The van der Waals surface area contributed by atoms with Gasteiger partial charge in [0, 0.05) is 17.1 Å². The highest BCUT2D eigenvalue weighted by atomic mass is 32.2. The van der Waals surface area contributed by atoms with Crippen LogP contribution in [0.2, 0.25) is 0 Å². The number of rotatable bonds is 8. The van der Waals surface area contributed by atoms with Crippen molar-refractivity contribution in [2.75, 3.05) is 11.9 Å². The van der Waals surface area contributed by atoms with Crippen molar-refractivity contribution in [3.8, 4) is 0 Å². The molecule has 7 heteroatoms. The molecule has 0 bridgehead atoms. The first-order chi connectivity index (χ1) is 13.2. The summed E-state index contributed by atoms with van der Waals surface area (Å²) in [4.78, 5) is 17.9. The van der Waals surface area contributed by atoms with Gasteiger partial charge < -0.3 is 15.2 Å². The Hall–Kier alpha value is -2.64. The first-order valence-corrected chi connectivity index (χ1v) is 9.76. The number of carbonyl (C=O) groups excluding carboxylic acids is 1. The zero-order valence-electron chi connectivity index (χ0n) is 15.4. The molecule has 0 aliphatic heterocycles. The van der Waals surface area contributed by atoms with E-state index in [1.165, 1.54) is 11.8 Å². The molecule has 1 aromatic heterocycles. The number of nitrogens with one attached hydrogen (secondary N) is 2. The number of carbonyl (C=O) groups is 1. The number of nitrogens with zero attached hydrogens (tertiary/aromatic N) is 2. The number of anilines is 1. The van der Waals surface area contributed by atoms with Gasteiger partial charge in [0.1, 0.15) is 0 Å². The molecule has 27 heavy (non-hydrogen) atoms. The van der Waals surface area contributed by atoms with Gasteiger partial charge in [-0.2, -0.15) is 4.98 Å². The molecule has 3 rings (SSSR count). The van der Waals surface area contributed by atoms with Crippen LogP contribution in [0, 0.1) is 6.92 Å². The summed E-state index contributed by atoms with van der Waals surface area (Å²) in [6.07, 6.45) is 0. The molecule has 1 amide bonds. The lowest BCUT2D eigenvalue weighted by Crippen LogP contribution is -2.14. The van der Waals surface area contributed by atoms with Gasteiger partial charge in [0.25, 0.3) is 5.91 Å². The second kappa shape index (κ2) is 9.34. The zero-order valence-corrected chi connectivity index (χ0v) is 16.2. The summed E-state index contributed by atoms with van der Waals surface area (Å²) < 4.78 is 5.14. The van der Waals surface area contributed by atoms with Gasteiger partial charge in [-0.05, 0) is 43.3 Å². The van der Waals surface area contributed by atoms with Crippen LogP contribution in [0.25, 0.3) is 0 Å². The van der Waals surface area contributed by atoms with E-state index in [0.717, 1.165) is 29.2 Å². The lowest BCUT2D eigenvalue weighted by molar-refractivity contribution is 0.102. The molecule has 140 valence electrons. The molecule has 1 heterocycles. The summed E-state index contributed by atoms with van der Waals surface area (Å²) in [7, 11) is 0. The fourth-order valence-corrected chi connectivity index (χ4v) is 3.43. The van der Waals surface area contributed by atoms with Gasteiger partial charge >= 0.3 is 0 Å². The number of aromatic nitrogens is 2. The Morgan fingerprint density at radius 2 is 2.04 bits per heavy atom. The van der Waals surface area contributed by atoms with Gasteiger partial charge in [-0.15, -0.1) is 11.8 Å². The van der Waals surface area contributed by atoms with Gasteiger partial charge in [-0.25, -0.2) is 0 Å². The van der Waals surface area contributed by atoms with Crippen LogP contribution in [-0.4, -0.2) is 22.6 Å². The van der Waals surface area contributed by atoms with E-state index in [1.807, 2.05) is 48.5 Å². The molecule has 0 saturated carbocycles. The van der Waals surface area contributed by atoms with E-state index in [1.54, 1.807) is 6.92 Å². The molecule has 0 fully saturated rings. The van der Waals surface area contributed by atoms with Crippen LogP contribution in [0.1, 0.15) is 34.6 Å². The highest BCUT2D eigenvalue weighted by molar-refractivity contribution is 7.98. The first kappa shape index (κ1) is 19.1. The van der Waals surface area contributed by atoms with Gasteiger partial charge in [0.15, 0.2) is 5.82 Å². The Balaban J connectivity index is 1.69. The predicted molar refractivity (Wildman–Crippen MR) is 107 cm³/mol. The molecule has 0 aliphatic carbocycles. The standard InChI is InChI=1S/C20H22N4O2S/c1-3-21-12-15-7-6-8-16(11-15)23-20(25)17-9-4-5-10-18(17)27-13-19-22-14(2)24-26-19/h4-11,21H,3,12-13H2,1-2H3,(H,23,25). The molecule has 0 aliphatic rings. The molecule has 0 spiro atoms. The molecule has 2 aromatic carbocycles. The molecule has 0 unspecified atom stereocenters. The van der Waals surface area contributed by atoms with Crippen molar-refractivity contribution < 1.29 is 9.32 Å². The second-order valence-electron chi connectivity index (χ2n) is 5.95. The van der Waals surface area contributed by atoms with E-state index in [-0.39, 0.29) is 5.91 Å².